The Morgan fingerprint density at radius 1 is 1.24 bits per heavy atom. The van der Waals surface area contributed by atoms with Gasteiger partial charge in [0.25, 0.3) is 5.91 Å². The Labute approximate surface area is 179 Å². The fraction of sp³-hybridized carbons (Fsp3) is 0.263. The normalized spacial score (nSPS) is 11.3. The number of methoxy groups -OCH3 is 2. The zero-order valence-corrected chi connectivity index (χ0v) is 18.4. The number of carbonyl (C=O) groups excluding carboxylic acids is 1. The van der Waals surface area contributed by atoms with E-state index >= 15 is 0 Å². The summed E-state index contributed by atoms with van der Waals surface area (Å²) in [5, 5.41) is 3.69. The lowest BCUT2D eigenvalue weighted by molar-refractivity contribution is 0.0954. The average Bonchev–Trinajstić information content (AvgIpc) is 3.26. The van der Waals surface area contributed by atoms with Crippen molar-refractivity contribution in [3.63, 3.8) is 0 Å². The lowest BCUT2D eigenvalue weighted by Crippen LogP contribution is -2.22. The third kappa shape index (κ3) is 3.83. The van der Waals surface area contributed by atoms with Crippen LogP contribution >= 0.6 is 27.3 Å². The predicted octanol–water partition coefficient (Wildman–Crippen LogP) is 3.49. The molecule has 0 saturated heterocycles. The summed E-state index contributed by atoms with van der Waals surface area (Å²) in [5.41, 5.74) is 2.39. The van der Waals surface area contributed by atoms with Gasteiger partial charge in [-0.15, -0.1) is 11.3 Å². The lowest BCUT2D eigenvalue weighted by atomic mass is 10.2. The maximum Gasteiger partial charge on any atom is 0.262 e. The van der Waals surface area contributed by atoms with E-state index in [2.05, 4.69) is 36.2 Å². The first-order valence-electron chi connectivity index (χ1n) is 8.74. The molecule has 1 N–H and O–H groups in total. The number of thiophene rings is 1. The summed E-state index contributed by atoms with van der Waals surface area (Å²) in [5.74, 6) is 0.778. The number of nitrogens with one attached hydrogen (secondary N) is 1. The molecule has 4 rings (SSSR count). The minimum atomic E-state index is -0.181. The Kier molecular flexibility index (Phi) is 5.48. The van der Waals surface area contributed by atoms with E-state index in [1.54, 1.807) is 14.2 Å². The standard InChI is InChI=1S/C19H18BrN5O3S/c1-10-15-18(28-3)23-13(9-27-2)24-19(15)29-16(10)17(26)21-6-12-8-25-7-11(20)4-5-14(25)22-12/h4-5,7-8H,6,9H2,1-3H3,(H,21,26). The SMILES string of the molecule is COCc1nc(OC)c2c(C)c(C(=O)NCc3cn4cc(Br)ccc4n3)sc2n1. The summed E-state index contributed by atoms with van der Waals surface area (Å²) < 4.78 is 13.4. The summed E-state index contributed by atoms with van der Waals surface area (Å²) in [7, 11) is 3.13. The number of ether oxygens (including phenoxy) is 2. The van der Waals surface area contributed by atoms with Gasteiger partial charge in [-0.2, -0.15) is 4.98 Å². The fourth-order valence-electron chi connectivity index (χ4n) is 3.06. The topological polar surface area (TPSA) is 90.6 Å². The van der Waals surface area contributed by atoms with Crippen molar-refractivity contribution in [3.05, 3.63) is 51.0 Å². The van der Waals surface area contributed by atoms with Gasteiger partial charge in [0.05, 0.1) is 29.6 Å². The van der Waals surface area contributed by atoms with Crippen molar-refractivity contribution in [3.8, 4) is 5.88 Å². The Morgan fingerprint density at radius 2 is 2.07 bits per heavy atom. The maximum absolute atomic E-state index is 12.8. The number of halogens is 1. The monoisotopic (exact) mass is 475 g/mol. The molecule has 0 radical (unpaired) electrons. The van der Waals surface area contributed by atoms with Gasteiger partial charge in [0.15, 0.2) is 5.82 Å². The van der Waals surface area contributed by atoms with Crippen LogP contribution in [0.2, 0.25) is 0 Å². The van der Waals surface area contributed by atoms with Crippen LogP contribution in [0.4, 0.5) is 0 Å². The second kappa shape index (κ2) is 8.05. The molecule has 8 nitrogen and oxygen atoms in total. The van der Waals surface area contributed by atoms with Crippen molar-refractivity contribution in [2.75, 3.05) is 14.2 Å². The number of hydrogen-bond donors (Lipinski definition) is 1. The molecule has 0 fully saturated rings. The second-order valence-corrected chi connectivity index (χ2v) is 8.26. The highest BCUT2D eigenvalue weighted by Crippen LogP contribution is 2.35. The van der Waals surface area contributed by atoms with E-state index in [0.29, 0.717) is 28.0 Å². The molecule has 4 aromatic heterocycles. The molecule has 0 aliphatic carbocycles. The van der Waals surface area contributed by atoms with E-state index < -0.39 is 0 Å². The highest BCUT2D eigenvalue weighted by atomic mass is 79.9. The number of nitrogens with zero attached hydrogens (tertiary/aromatic N) is 4. The highest BCUT2D eigenvalue weighted by molar-refractivity contribution is 9.10. The van der Waals surface area contributed by atoms with Gasteiger partial charge in [-0.25, -0.2) is 9.97 Å². The third-order valence-corrected chi connectivity index (χ3v) is 6.02. The Balaban J connectivity index is 1.59. The largest absolute Gasteiger partial charge is 0.480 e. The summed E-state index contributed by atoms with van der Waals surface area (Å²) in [4.78, 5) is 27.5. The zero-order valence-electron chi connectivity index (χ0n) is 16.0. The van der Waals surface area contributed by atoms with Gasteiger partial charge in [-0.05, 0) is 40.5 Å². The van der Waals surface area contributed by atoms with Crippen molar-refractivity contribution < 1.29 is 14.3 Å². The summed E-state index contributed by atoms with van der Waals surface area (Å²) in [6.07, 6.45) is 3.82. The molecular weight excluding hydrogens is 458 g/mol. The molecule has 29 heavy (non-hydrogen) atoms. The number of hydrogen-bond acceptors (Lipinski definition) is 7. The maximum atomic E-state index is 12.8. The molecule has 0 unspecified atom stereocenters. The van der Waals surface area contributed by atoms with Crippen molar-refractivity contribution in [1.82, 2.24) is 24.7 Å². The highest BCUT2D eigenvalue weighted by Gasteiger charge is 2.21. The van der Waals surface area contributed by atoms with E-state index in [4.69, 9.17) is 9.47 Å². The van der Waals surface area contributed by atoms with Gasteiger partial charge in [0.2, 0.25) is 5.88 Å². The Bertz CT molecular complexity index is 1220. The lowest BCUT2D eigenvalue weighted by Gasteiger charge is -2.05. The third-order valence-electron chi connectivity index (χ3n) is 4.37. The zero-order chi connectivity index (χ0) is 20.5. The van der Waals surface area contributed by atoms with E-state index in [-0.39, 0.29) is 12.5 Å². The molecule has 0 saturated carbocycles. The Hall–Kier alpha value is -2.56. The first-order chi connectivity index (χ1) is 14.0. The first kappa shape index (κ1) is 19.7. The van der Waals surface area contributed by atoms with Gasteiger partial charge >= 0.3 is 0 Å². The fourth-order valence-corrected chi connectivity index (χ4v) is 4.52. The first-order valence-corrected chi connectivity index (χ1v) is 10.4. The molecule has 10 heteroatoms. The average molecular weight is 476 g/mol. The van der Waals surface area contributed by atoms with Crippen LogP contribution in [0.5, 0.6) is 5.88 Å². The summed E-state index contributed by atoms with van der Waals surface area (Å²) in [6, 6.07) is 3.84. The van der Waals surface area contributed by atoms with Crippen molar-refractivity contribution in [2.45, 2.75) is 20.1 Å². The minimum absolute atomic E-state index is 0.181. The van der Waals surface area contributed by atoms with E-state index in [1.807, 2.05) is 35.9 Å². The molecule has 0 spiro atoms. The number of pyridine rings is 1. The van der Waals surface area contributed by atoms with E-state index in [1.165, 1.54) is 11.3 Å². The van der Waals surface area contributed by atoms with Gasteiger partial charge < -0.3 is 19.2 Å². The smallest absolute Gasteiger partial charge is 0.262 e. The summed E-state index contributed by atoms with van der Waals surface area (Å²) in [6.45, 7) is 2.47. The predicted molar refractivity (Wildman–Crippen MR) is 113 cm³/mol. The van der Waals surface area contributed by atoms with Crippen LogP contribution in [-0.4, -0.2) is 39.5 Å². The number of aromatic nitrogens is 4. The number of rotatable bonds is 6. The van der Waals surface area contributed by atoms with Crippen molar-refractivity contribution in [1.29, 1.82) is 0 Å². The van der Waals surface area contributed by atoms with Crippen molar-refractivity contribution in [2.24, 2.45) is 0 Å². The van der Waals surface area contributed by atoms with E-state index in [9.17, 15) is 4.79 Å². The summed E-state index contributed by atoms with van der Waals surface area (Å²) >= 11 is 4.75. The molecule has 0 atom stereocenters. The Morgan fingerprint density at radius 3 is 2.83 bits per heavy atom. The van der Waals surface area contributed by atoms with Crippen molar-refractivity contribution >= 4 is 49.0 Å². The molecule has 0 bridgehead atoms. The van der Waals surface area contributed by atoms with Crippen LogP contribution < -0.4 is 10.1 Å². The second-order valence-electron chi connectivity index (χ2n) is 6.35. The van der Waals surface area contributed by atoms with Crippen LogP contribution in [0, 0.1) is 6.92 Å². The van der Waals surface area contributed by atoms with E-state index in [0.717, 1.165) is 26.8 Å². The van der Waals surface area contributed by atoms with Gasteiger partial charge in [-0.3, -0.25) is 4.79 Å². The number of carbonyl (C=O) groups is 1. The number of fused-ring (bicyclic) bond motifs is 2. The van der Waals surface area contributed by atoms with Crippen LogP contribution in [0.3, 0.4) is 0 Å². The molecule has 0 aromatic carbocycles. The van der Waals surface area contributed by atoms with Gasteiger partial charge in [0.1, 0.15) is 17.1 Å². The molecule has 4 aromatic rings. The van der Waals surface area contributed by atoms with Crippen LogP contribution in [0.25, 0.3) is 15.9 Å². The molecule has 150 valence electrons. The number of imidazole rings is 1. The van der Waals surface area contributed by atoms with Gasteiger partial charge in [-0.1, -0.05) is 0 Å². The number of amides is 1. The molecule has 1 amide bonds. The molecule has 0 aliphatic heterocycles. The molecule has 4 heterocycles. The quantitative estimate of drug-likeness (QED) is 0.458. The minimum Gasteiger partial charge on any atom is -0.480 e. The number of aryl methyl sites for hydroxylation is 1. The molecule has 0 aliphatic rings. The van der Waals surface area contributed by atoms with Crippen LogP contribution in [0.15, 0.2) is 29.0 Å². The van der Waals surface area contributed by atoms with Crippen LogP contribution in [0.1, 0.15) is 26.8 Å². The van der Waals surface area contributed by atoms with Gasteiger partial charge in [0, 0.05) is 24.0 Å². The van der Waals surface area contributed by atoms with Crippen LogP contribution in [-0.2, 0) is 17.9 Å². The molecular formula is C19H18BrN5O3S.